The smallest absolute Gasteiger partial charge is 0.336 e. The second kappa shape index (κ2) is 10.4. The van der Waals surface area contributed by atoms with Crippen molar-refractivity contribution in [3.05, 3.63) is 69.3 Å². The number of benzene rings is 2. The van der Waals surface area contributed by atoms with E-state index in [1.165, 1.54) is 31.4 Å². The Balaban J connectivity index is 1.66. The van der Waals surface area contributed by atoms with Crippen molar-refractivity contribution < 1.29 is 27.9 Å². The third kappa shape index (κ3) is 5.27. The fourth-order valence-corrected chi connectivity index (χ4v) is 4.80. The summed E-state index contributed by atoms with van der Waals surface area (Å²) in [5.74, 6) is -2.36. The number of amides is 1. The molecule has 0 spiro atoms. The first kappa shape index (κ1) is 24.6. The van der Waals surface area contributed by atoms with Crippen LogP contribution in [0.5, 0.6) is 0 Å². The number of hydrogen-bond acceptors (Lipinski definition) is 6. The zero-order chi connectivity index (χ0) is 25.1. The van der Waals surface area contributed by atoms with Gasteiger partial charge in [-0.05, 0) is 48.6 Å². The number of likely N-dealkylation sites (tertiary alicyclic amines) is 1. The van der Waals surface area contributed by atoms with Gasteiger partial charge in [0, 0.05) is 42.1 Å². The molecule has 1 aliphatic heterocycles. The number of fused-ring (bicyclic) bond motifs is 1. The van der Waals surface area contributed by atoms with Crippen LogP contribution in [0.4, 0.5) is 4.39 Å². The molecule has 2 aromatic carbocycles. The molecule has 2 atom stereocenters. The predicted molar refractivity (Wildman–Crippen MR) is 128 cm³/mol. The van der Waals surface area contributed by atoms with E-state index in [-0.39, 0.29) is 34.8 Å². The van der Waals surface area contributed by atoms with E-state index in [2.05, 4.69) is 0 Å². The molecule has 0 N–H and O–H groups in total. The van der Waals surface area contributed by atoms with E-state index >= 15 is 0 Å². The maximum Gasteiger partial charge on any atom is 0.336 e. The van der Waals surface area contributed by atoms with Crippen LogP contribution in [0.3, 0.4) is 0 Å². The first-order valence-corrected chi connectivity index (χ1v) is 11.5. The number of carbonyl (C=O) groups excluding carboxylic acids is 3. The molecule has 0 bridgehead atoms. The monoisotopic (exact) mass is 499 g/mol. The molecule has 1 aromatic heterocycles. The number of ether oxygens (including phenoxy) is 1. The summed E-state index contributed by atoms with van der Waals surface area (Å²) < 4.78 is 23.6. The molecule has 1 fully saturated rings. The SMILES string of the molecule is COC(=O)C[C@H]1CCCN(C(=O)C(C=O)c2ccc3c(-c4ccc(F)cc4Cl)cc(=O)oc3c2)C1. The number of hydrogen-bond donors (Lipinski definition) is 0. The summed E-state index contributed by atoms with van der Waals surface area (Å²) in [6.45, 7) is 0.838. The Morgan fingerprint density at radius 2 is 2.03 bits per heavy atom. The molecule has 1 aliphatic rings. The average Bonchev–Trinajstić information content (AvgIpc) is 2.84. The first-order chi connectivity index (χ1) is 16.8. The molecule has 1 amide bonds. The molecule has 0 radical (unpaired) electrons. The van der Waals surface area contributed by atoms with Crippen molar-refractivity contribution >= 4 is 40.7 Å². The highest BCUT2D eigenvalue weighted by Gasteiger charge is 2.31. The van der Waals surface area contributed by atoms with Crippen molar-refractivity contribution in [3.8, 4) is 11.1 Å². The van der Waals surface area contributed by atoms with Crippen molar-refractivity contribution in [1.29, 1.82) is 0 Å². The van der Waals surface area contributed by atoms with Gasteiger partial charge in [0.1, 0.15) is 23.6 Å². The second-order valence-electron chi connectivity index (χ2n) is 8.55. The van der Waals surface area contributed by atoms with Crippen LogP contribution in [-0.2, 0) is 19.1 Å². The quantitative estimate of drug-likeness (QED) is 0.217. The highest BCUT2D eigenvalue weighted by molar-refractivity contribution is 6.33. The van der Waals surface area contributed by atoms with Gasteiger partial charge in [-0.1, -0.05) is 23.7 Å². The number of halogens is 2. The van der Waals surface area contributed by atoms with E-state index in [9.17, 15) is 23.6 Å². The number of nitrogens with zero attached hydrogens (tertiary/aromatic N) is 1. The van der Waals surface area contributed by atoms with Crippen LogP contribution in [-0.4, -0.2) is 43.3 Å². The number of piperidine rings is 1. The minimum Gasteiger partial charge on any atom is -0.469 e. The summed E-state index contributed by atoms with van der Waals surface area (Å²) in [6.07, 6.45) is 2.28. The second-order valence-corrected chi connectivity index (χ2v) is 8.95. The van der Waals surface area contributed by atoms with Crippen molar-refractivity contribution in [1.82, 2.24) is 4.90 Å². The van der Waals surface area contributed by atoms with Crippen LogP contribution in [0.25, 0.3) is 22.1 Å². The van der Waals surface area contributed by atoms with E-state index in [4.69, 9.17) is 20.8 Å². The van der Waals surface area contributed by atoms with Gasteiger partial charge in [-0.25, -0.2) is 9.18 Å². The lowest BCUT2D eigenvalue weighted by Crippen LogP contribution is -2.43. The summed E-state index contributed by atoms with van der Waals surface area (Å²) >= 11 is 6.20. The van der Waals surface area contributed by atoms with E-state index in [0.717, 1.165) is 12.5 Å². The van der Waals surface area contributed by atoms with Crippen LogP contribution < -0.4 is 5.63 Å². The maximum atomic E-state index is 13.5. The van der Waals surface area contributed by atoms with Gasteiger partial charge in [0.15, 0.2) is 0 Å². The van der Waals surface area contributed by atoms with Crippen molar-refractivity contribution in [2.45, 2.75) is 25.2 Å². The van der Waals surface area contributed by atoms with Crippen LogP contribution >= 0.6 is 11.6 Å². The Bertz CT molecular complexity index is 1350. The minimum atomic E-state index is -1.10. The van der Waals surface area contributed by atoms with Crippen molar-refractivity contribution in [3.63, 3.8) is 0 Å². The normalized spacial score (nSPS) is 16.7. The molecule has 182 valence electrons. The summed E-state index contributed by atoms with van der Waals surface area (Å²) in [5, 5.41) is 0.656. The zero-order valence-electron chi connectivity index (χ0n) is 19.0. The van der Waals surface area contributed by atoms with Gasteiger partial charge in [0.05, 0.1) is 12.1 Å². The topological polar surface area (TPSA) is 93.9 Å². The summed E-state index contributed by atoms with van der Waals surface area (Å²) in [6, 6.07) is 9.88. The van der Waals surface area contributed by atoms with Gasteiger partial charge in [0.2, 0.25) is 5.91 Å². The number of methoxy groups -OCH3 is 1. The highest BCUT2D eigenvalue weighted by atomic mass is 35.5. The highest BCUT2D eigenvalue weighted by Crippen LogP contribution is 2.34. The first-order valence-electron chi connectivity index (χ1n) is 11.1. The number of rotatable bonds is 6. The summed E-state index contributed by atoms with van der Waals surface area (Å²) in [7, 11) is 1.32. The Labute approximate surface area is 205 Å². The van der Waals surface area contributed by atoms with Gasteiger partial charge in [-0.2, -0.15) is 0 Å². The van der Waals surface area contributed by atoms with Crippen LogP contribution in [0.1, 0.15) is 30.7 Å². The van der Waals surface area contributed by atoms with Crippen molar-refractivity contribution in [2.75, 3.05) is 20.2 Å². The molecule has 0 aliphatic carbocycles. The fourth-order valence-electron chi connectivity index (χ4n) is 4.53. The lowest BCUT2D eigenvalue weighted by molar-refractivity contribution is -0.144. The van der Waals surface area contributed by atoms with Gasteiger partial charge in [-0.3, -0.25) is 9.59 Å². The Morgan fingerprint density at radius 1 is 1.23 bits per heavy atom. The third-order valence-electron chi connectivity index (χ3n) is 6.26. The molecule has 0 saturated carbocycles. The number of carbonyl (C=O) groups is 3. The average molecular weight is 500 g/mol. The minimum absolute atomic E-state index is 0.0370. The zero-order valence-corrected chi connectivity index (χ0v) is 19.7. The van der Waals surface area contributed by atoms with Crippen LogP contribution in [0.2, 0.25) is 5.02 Å². The summed E-state index contributed by atoms with van der Waals surface area (Å²) in [5.41, 5.74) is 0.793. The van der Waals surface area contributed by atoms with Crippen LogP contribution in [0, 0.1) is 11.7 Å². The lowest BCUT2D eigenvalue weighted by atomic mass is 9.91. The fraction of sp³-hybridized carbons (Fsp3) is 0.308. The molecule has 7 nitrogen and oxygen atoms in total. The number of esters is 1. The van der Waals surface area contributed by atoms with E-state index < -0.39 is 17.4 Å². The molecule has 1 unspecified atom stereocenters. The molecule has 3 aromatic rings. The number of aldehydes is 1. The Morgan fingerprint density at radius 3 is 2.74 bits per heavy atom. The molecule has 4 rings (SSSR count). The van der Waals surface area contributed by atoms with Gasteiger partial charge in [0.25, 0.3) is 0 Å². The molecule has 2 heterocycles. The molecule has 1 saturated heterocycles. The maximum absolute atomic E-state index is 13.5. The molecular formula is C26H23ClFNO6. The Kier molecular flexibility index (Phi) is 7.31. The lowest BCUT2D eigenvalue weighted by Gasteiger charge is -2.33. The predicted octanol–water partition coefficient (Wildman–Crippen LogP) is 4.34. The third-order valence-corrected chi connectivity index (χ3v) is 6.58. The summed E-state index contributed by atoms with van der Waals surface area (Å²) in [4.78, 5) is 50.7. The standard InChI is InChI=1S/C26H23ClFNO6/c1-34-24(31)9-15-3-2-8-29(13-15)26(33)21(14-30)16-4-6-19-20(12-25(32)35-23(19)10-16)18-7-5-17(28)11-22(18)27/h4-7,10-12,14-15,21H,2-3,8-9,13H2,1H3/t15-,21?/m1/s1. The van der Waals surface area contributed by atoms with E-state index in [1.54, 1.807) is 17.0 Å². The van der Waals surface area contributed by atoms with Gasteiger partial charge in [-0.15, -0.1) is 0 Å². The van der Waals surface area contributed by atoms with Gasteiger partial charge < -0.3 is 18.8 Å². The molecule has 35 heavy (non-hydrogen) atoms. The van der Waals surface area contributed by atoms with Crippen molar-refractivity contribution in [2.24, 2.45) is 5.92 Å². The molecular weight excluding hydrogens is 477 g/mol. The van der Waals surface area contributed by atoms with E-state index in [1.807, 2.05) is 0 Å². The largest absolute Gasteiger partial charge is 0.469 e. The van der Waals surface area contributed by atoms with Gasteiger partial charge >= 0.3 is 11.6 Å². The van der Waals surface area contributed by atoms with E-state index in [0.29, 0.717) is 47.9 Å². The molecule has 9 heteroatoms. The van der Waals surface area contributed by atoms with Crippen LogP contribution in [0.15, 0.2) is 51.7 Å². The Hall–Kier alpha value is -3.52.